The Morgan fingerprint density at radius 2 is 2.12 bits per heavy atom. The van der Waals surface area contributed by atoms with Gasteiger partial charge in [0.15, 0.2) is 0 Å². The number of nitriles is 1. The van der Waals surface area contributed by atoms with Crippen LogP contribution in [0.1, 0.15) is 25.7 Å². The molecule has 1 aromatic rings. The number of ether oxygens (including phenoxy) is 1. The van der Waals surface area contributed by atoms with Gasteiger partial charge in [0.2, 0.25) is 0 Å². The molecule has 0 aliphatic carbocycles. The van der Waals surface area contributed by atoms with Gasteiger partial charge < -0.3 is 4.74 Å². The minimum absolute atomic E-state index is 0.303. The summed E-state index contributed by atoms with van der Waals surface area (Å²) in [6.45, 7) is 0.549. The average Bonchev–Trinajstić information content (AvgIpc) is 2.28. The number of nitrogens with zero attached hydrogens (tertiary/aromatic N) is 1. The molecule has 1 aromatic carbocycles. The minimum atomic E-state index is -0.303. The number of hydrogen-bond donors (Lipinski definition) is 0. The van der Waals surface area contributed by atoms with E-state index >= 15 is 0 Å². The molecule has 0 atom stereocenters. The van der Waals surface area contributed by atoms with Gasteiger partial charge in [-0.25, -0.2) is 4.39 Å². The highest BCUT2D eigenvalue weighted by molar-refractivity contribution is 9.10. The van der Waals surface area contributed by atoms with Crippen LogP contribution in [-0.4, -0.2) is 6.61 Å². The van der Waals surface area contributed by atoms with E-state index in [0.29, 0.717) is 18.8 Å². The molecule has 0 spiro atoms. The van der Waals surface area contributed by atoms with Gasteiger partial charge in [0, 0.05) is 12.5 Å². The summed E-state index contributed by atoms with van der Waals surface area (Å²) in [6.07, 6.45) is 3.32. The van der Waals surface area contributed by atoms with Crippen molar-refractivity contribution < 1.29 is 9.13 Å². The summed E-state index contributed by atoms with van der Waals surface area (Å²) in [4.78, 5) is 0. The number of unbranched alkanes of at least 4 members (excludes halogenated alkanes) is 3. The molecule has 0 saturated carbocycles. The molecule has 86 valence electrons. The predicted octanol–water partition coefficient (Wildman–Crippen LogP) is 4.05. The summed E-state index contributed by atoms with van der Waals surface area (Å²) in [5.74, 6) is 0.225. The Bertz CT molecular complexity index is 376. The van der Waals surface area contributed by atoms with Crippen LogP contribution in [0.4, 0.5) is 4.39 Å². The molecule has 0 saturated heterocycles. The van der Waals surface area contributed by atoms with Crippen molar-refractivity contribution in [2.45, 2.75) is 25.7 Å². The first-order valence-corrected chi connectivity index (χ1v) is 5.98. The van der Waals surface area contributed by atoms with E-state index in [1.54, 1.807) is 6.07 Å². The number of rotatable bonds is 6. The first kappa shape index (κ1) is 13.0. The molecule has 0 aromatic heterocycles. The Kier molecular flexibility index (Phi) is 5.87. The second-order valence-electron chi connectivity index (χ2n) is 3.39. The highest BCUT2D eigenvalue weighted by Gasteiger charge is 2.02. The van der Waals surface area contributed by atoms with Crippen molar-refractivity contribution in [3.05, 3.63) is 28.5 Å². The first-order valence-electron chi connectivity index (χ1n) is 5.19. The monoisotopic (exact) mass is 285 g/mol. The molecule has 0 aliphatic heterocycles. The number of benzene rings is 1. The molecule has 0 amide bonds. The van der Waals surface area contributed by atoms with Crippen LogP contribution in [0, 0.1) is 17.1 Å². The number of hydrogen-bond acceptors (Lipinski definition) is 2. The summed E-state index contributed by atoms with van der Waals surface area (Å²) in [5, 5.41) is 8.34. The lowest BCUT2D eigenvalue weighted by Gasteiger charge is -2.07. The Morgan fingerprint density at radius 1 is 1.31 bits per heavy atom. The van der Waals surface area contributed by atoms with E-state index in [4.69, 9.17) is 10.00 Å². The molecule has 16 heavy (non-hydrogen) atoms. The molecule has 0 unspecified atom stereocenters. The molecule has 4 heteroatoms. The lowest BCUT2D eigenvalue weighted by atomic mass is 10.2. The zero-order chi connectivity index (χ0) is 11.8. The molecule has 1 rings (SSSR count). The normalized spacial score (nSPS) is 9.81. The summed E-state index contributed by atoms with van der Waals surface area (Å²) in [6, 6.07) is 6.46. The van der Waals surface area contributed by atoms with Gasteiger partial charge in [0.1, 0.15) is 11.6 Å². The highest BCUT2D eigenvalue weighted by Crippen LogP contribution is 2.25. The highest BCUT2D eigenvalue weighted by atomic mass is 79.9. The second-order valence-corrected chi connectivity index (χ2v) is 4.25. The van der Waals surface area contributed by atoms with E-state index in [-0.39, 0.29) is 5.82 Å². The fourth-order valence-electron chi connectivity index (χ4n) is 1.25. The van der Waals surface area contributed by atoms with Gasteiger partial charge in [-0.05, 0) is 47.3 Å². The first-order chi connectivity index (χ1) is 7.74. The molecule has 0 aliphatic rings. The van der Waals surface area contributed by atoms with Gasteiger partial charge >= 0.3 is 0 Å². The van der Waals surface area contributed by atoms with Crippen molar-refractivity contribution >= 4 is 15.9 Å². The van der Waals surface area contributed by atoms with E-state index in [0.717, 1.165) is 23.7 Å². The van der Waals surface area contributed by atoms with E-state index in [9.17, 15) is 4.39 Å². The van der Waals surface area contributed by atoms with E-state index in [2.05, 4.69) is 22.0 Å². The quantitative estimate of drug-likeness (QED) is 0.739. The van der Waals surface area contributed by atoms with Crippen molar-refractivity contribution in [2.24, 2.45) is 0 Å². The van der Waals surface area contributed by atoms with Crippen LogP contribution >= 0.6 is 15.9 Å². The topological polar surface area (TPSA) is 33.0 Å². The van der Waals surface area contributed by atoms with Crippen LogP contribution in [0.15, 0.2) is 22.7 Å². The third kappa shape index (κ3) is 4.63. The molecule has 0 bridgehead atoms. The Morgan fingerprint density at radius 3 is 2.88 bits per heavy atom. The Balaban J connectivity index is 2.27. The Labute approximate surface area is 103 Å². The lowest BCUT2D eigenvalue weighted by molar-refractivity contribution is 0.302. The smallest absolute Gasteiger partial charge is 0.136 e. The molecular formula is C12H13BrFNO. The van der Waals surface area contributed by atoms with Crippen molar-refractivity contribution in [1.82, 2.24) is 0 Å². The molecule has 0 fully saturated rings. The summed E-state index contributed by atoms with van der Waals surface area (Å²) >= 11 is 3.29. The molecule has 0 radical (unpaired) electrons. The second kappa shape index (κ2) is 7.24. The summed E-state index contributed by atoms with van der Waals surface area (Å²) in [5.41, 5.74) is 0. The maximum atomic E-state index is 12.9. The van der Waals surface area contributed by atoms with Crippen LogP contribution in [-0.2, 0) is 0 Å². The van der Waals surface area contributed by atoms with Crippen LogP contribution in [0.25, 0.3) is 0 Å². The van der Waals surface area contributed by atoms with Gasteiger partial charge in [-0.2, -0.15) is 5.26 Å². The van der Waals surface area contributed by atoms with E-state index < -0.39 is 0 Å². The van der Waals surface area contributed by atoms with Crippen molar-refractivity contribution in [3.63, 3.8) is 0 Å². The summed E-state index contributed by atoms with van der Waals surface area (Å²) in [7, 11) is 0. The van der Waals surface area contributed by atoms with Crippen LogP contribution in [0.2, 0.25) is 0 Å². The van der Waals surface area contributed by atoms with Gasteiger partial charge in [-0.3, -0.25) is 0 Å². The average molecular weight is 286 g/mol. The summed E-state index contributed by atoms with van der Waals surface area (Å²) < 4.78 is 19.1. The SMILES string of the molecule is N#CCCCCCOc1cc(F)ccc1Br. The third-order valence-corrected chi connectivity index (χ3v) is 2.74. The zero-order valence-corrected chi connectivity index (χ0v) is 10.5. The zero-order valence-electron chi connectivity index (χ0n) is 8.88. The lowest BCUT2D eigenvalue weighted by Crippen LogP contribution is -1.98. The van der Waals surface area contributed by atoms with Gasteiger partial charge in [-0.1, -0.05) is 0 Å². The Hall–Kier alpha value is -1.08. The van der Waals surface area contributed by atoms with Crippen LogP contribution < -0.4 is 4.74 Å². The molecular weight excluding hydrogens is 273 g/mol. The van der Waals surface area contributed by atoms with E-state index in [1.165, 1.54) is 12.1 Å². The number of halogens is 2. The van der Waals surface area contributed by atoms with E-state index in [1.807, 2.05) is 0 Å². The largest absolute Gasteiger partial charge is 0.492 e. The maximum Gasteiger partial charge on any atom is 0.136 e. The van der Waals surface area contributed by atoms with Gasteiger partial charge in [-0.15, -0.1) is 0 Å². The molecule has 2 nitrogen and oxygen atoms in total. The van der Waals surface area contributed by atoms with Crippen LogP contribution in [0.5, 0.6) is 5.75 Å². The minimum Gasteiger partial charge on any atom is -0.492 e. The molecule has 0 N–H and O–H groups in total. The van der Waals surface area contributed by atoms with Gasteiger partial charge in [0.05, 0.1) is 17.1 Å². The maximum absolute atomic E-state index is 12.9. The van der Waals surface area contributed by atoms with Gasteiger partial charge in [0.25, 0.3) is 0 Å². The fraction of sp³-hybridized carbons (Fsp3) is 0.417. The standard InChI is InChI=1S/C12H13BrFNO/c13-11-6-5-10(14)9-12(11)16-8-4-2-1-3-7-15/h5-6,9H,1-4,8H2. The predicted molar refractivity (Wildman–Crippen MR) is 63.7 cm³/mol. The van der Waals surface area contributed by atoms with Crippen LogP contribution in [0.3, 0.4) is 0 Å². The van der Waals surface area contributed by atoms with Crippen molar-refractivity contribution in [3.8, 4) is 11.8 Å². The third-order valence-electron chi connectivity index (χ3n) is 2.08. The van der Waals surface area contributed by atoms with Crippen molar-refractivity contribution in [2.75, 3.05) is 6.61 Å². The molecule has 0 heterocycles. The fourth-order valence-corrected chi connectivity index (χ4v) is 1.61. The van der Waals surface area contributed by atoms with Crippen molar-refractivity contribution in [1.29, 1.82) is 5.26 Å².